The molecule has 1 heterocycles. The van der Waals surface area contributed by atoms with E-state index in [-0.39, 0.29) is 5.91 Å². The fourth-order valence-electron chi connectivity index (χ4n) is 2.92. The molecule has 31 heavy (non-hydrogen) atoms. The molecule has 0 unspecified atom stereocenters. The van der Waals surface area contributed by atoms with Gasteiger partial charge in [0.05, 0.1) is 24.2 Å². The number of aromatic amines is 1. The first-order valence-electron chi connectivity index (χ1n) is 10.0. The van der Waals surface area contributed by atoms with Crippen LogP contribution in [0, 0.1) is 13.8 Å². The molecule has 0 saturated heterocycles. The van der Waals surface area contributed by atoms with E-state index in [1.165, 1.54) is 5.56 Å². The molecule has 8 heteroatoms. The number of amides is 1. The third kappa shape index (κ3) is 7.11. The maximum Gasteiger partial charge on any atom is 0.300 e. The highest BCUT2D eigenvalue weighted by Crippen LogP contribution is 2.21. The first-order chi connectivity index (χ1) is 14.7. The summed E-state index contributed by atoms with van der Waals surface area (Å²) in [7, 11) is 1.77. The molecule has 0 bridgehead atoms. The zero-order valence-corrected chi connectivity index (χ0v) is 18.4. The third-order valence-electron chi connectivity index (χ3n) is 4.46. The van der Waals surface area contributed by atoms with Gasteiger partial charge in [-0.3, -0.25) is 9.59 Å². The Morgan fingerprint density at radius 3 is 2.58 bits per heavy atom. The highest BCUT2D eigenvalue weighted by atomic mass is 16.5. The van der Waals surface area contributed by atoms with E-state index < -0.39 is 5.97 Å². The number of fused-ring (bicyclic) bond motifs is 1. The molecule has 4 N–H and O–H groups in total. The minimum absolute atomic E-state index is 0.0738. The van der Waals surface area contributed by atoms with Gasteiger partial charge >= 0.3 is 0 Å². The van der Waals surface area contributed by atoms with Gasteiger partial charge in [-0.25, -0.2) is 4.98 Å². The van der Waals surface area contributed by atoms with Crippen molar-refractivity contribution >= 4 is 22.9 Å². The average Bonchev–Trinajstić information content (AvgIpc) is 3.09. The average molecular weight is 427 g/mol. The first kappa shape index (κ1) is 23.9. The predicted molar refractivity (Wildman–Crippen MR) is 120 cm³/mol. The Hall–Kier alpha value is -3.39. The number of carboxylic acid groups (broad SMARTS) is 1. The van der Waals surface area contributed by atoms with Gasteiger partial charge in [0, 0.05) is 19.5 Å². The zero-order valence-electron chi connectivity index (χ0n) is 18.4. The number of aliphatic carboxylic acids is 1. The van der Waals surface area contributed by atoms with Crippen molar-refractivity contribution in [2.45, 2.75) is 33.7 Å². The van der Waals surface area contributed by atoms with Gasteiger partial charge in [-0.2, -0.15) is 0 Å². The number of aryl methyl sites for hydroxylation is 2. The van der Waals surface area contributed by atoms with Crippen molar-refractivity contribution < 1.29 is 19.4 Å². The minimum atomic E-state index is -0.833. The van der Waals surface area contributed by atoms with Gasteiger partial charge in [0.15, 0.2) is 0 Å². The summed E-state index contributed by atoms with van der Waals surface area (Å²) >= 11 is 0. The number of hydrogen-bond donors (Lipinski definition) is 3. The number of benzene rings is 2. The Balaban J connectivity index is 0.000000785. The largest absolute Gasteiger partial charge is 0.493 e. The summed E-state index contributed by atoms with van der Waals surface area (Å²) in [6.45, 7) is 6.62. The molecule has 1 aromatic heterocycles. The predicted octanol–water partition coefficient (Wildman–Crippen LogP) is 3.27. The van der Waals surface area contributed by atoms with Crippen LogP contribution in [-0.2, 0) is 11.3 Å². The van der Waals surface area contributed by atoms with Crippen LogP contribution >= 0.6 is 0 Å². The van der Waals surface area contributed by atoms with Gasteiger partial charge in [-0.15, -0.1) is 0 Å². The second-order valence-corrected chi connectivity index (χ2v) is 7.36. The highest BCUT2D eigenvalue weighted by molar-refractivity contribution is 5.94. The van der Waals surface area contributed by atoms with Crippen molar-refractivity contribution in [3.8, 4) is 5.75 Å². The first-order valence-corrected chi connectivity index (χ1v) is 10.0. The molecule has 2 aromatic carbocycles. The van der Waals surface area contributed by atoms with Crippen molar-refractivity contribution in [1.29, 1.82) is 0 Å². The number of nitrogens with two attached hydrogens (primary N) is 1. The van der Waals surface area contributed by atoms with E-state index in [4.69, 9.17) is 20.4 Å². The molecule has 0 saturated carbocycles. The van der Waals surface area contributed by atoms with Crippen molar-refractivity contribution in [3.63, 3.8) is 0 Å². The summed E-state index contributed by atoms with van der Waals surface area (Å²) in [6, 6.07) is 11.6. The summed E-state index contributed by atoms with van der Waals surface area (Å²) in [5.74, 6) is 0.579. The maximum atomic E-state index is 12.8. The zero-order chi connectivity index (χ0) is 23.0. The lowest BCUT2D eigenvalue weighted by molar-refractivity contribution is -0.134. The number of carboxylic acids is 1. The summed E-state index contributed by atoms with van der Waals surface area (Å²) in [5, 5.41) is 7.42. The Morgan fingerprint density at radius 1 is 1.19 bits per heavy atom. The number of nitrogens with one attached hydrogen (secondary N) is 1. The van der Waals surface area contributed by atoms with Gasteiger partial charge in [0.2, 0.25) is 0 Å². The van der Waals surface area contributed by atoms with Gasteiger partial charge in [0.25, 0.3) is 11.9 Å². The molecule has 3 aromatic rings. The molecule has 0 aliphatic carbocycles. The molecule has 0 radical (unpaired) electrons. The topological polar surface area (TPSA) is 122 Å². The molecular formula is C23H30N4O4. The number of carbonyl (C=O) groups is 2. The van der Waals surface area contributed by atoms with Crippen LogP contribution in [0.5, 0.6) is 5.75 Å². The van der Waals surface area contributed by atoms with E-state index in [0.717, 1.165) is 41.5 Å². The van der Waals surface area contributed by atoms with Crippen LogP contribution in [0.3, 0.4) is 0 Å². The summed E-state index contributed by atoms with van der Waals surface area (Å²) in [5.41, 5.74) is 10.2. The molecular weight excluding hydrogens is 396 g/mol. The number of hydrogen-bond acceptors (Lipinski definition) is 5. The summed E-state index contributed by atoms with van der Waals surface area (Å²) in [4.78, 5) is 31.3. The Bertz CT molecular complexity index is 1040. The van der Waals surface area contributed by atoms with Crippen LogP contribution in [0.25, 0.3) is 11.0 Å². The third-order valence-corrected chi connectivity index (χ3v) is 4.46. The van der Waals surface area contributed by atoms with Gasteiger partial charge in [0.1, 0.15) is 11.6 Å². The normalized spacial score (nSPS) is 10.4. The van der Waals surface area contributed by atoms with Crippen LogP contribution in [0.2, 0.25) is 0 Å². The number of ether oxygens (including phenoxy) is 1. The van der Waals surface area contributed by atoms with Crippen LogP contribution < -0.4 is 10.5 Å². The molecule has 0 aliphatic rings. The number of carbonyl (C=O) groups excluding carboxylic acids is 1. The smallest absolute Gasteiger partial charge is 0.300 e. The standard InChI is InChI=1S/C21H26N4O2.C2H4O2/c1-14-5-8-17-18(11-14)24-20(23-17)13-25(3)21(26)16-7-6-15(2)19(12-16)27-10-4-9-22;1-2(3)4/h5-8,11-12H,4,9-10,13,22H2,1-3H3,(H,23,24);1H3,(H,3,4). The van der Waals surface area contributed by atoms with E-state index in [0.29, 0.717) is 25.3 Å². The number of H-pyrrole nitrogens is 1. The van der Waals surface area contributed by atoms with E-state index in [9.17, 15) is 4.79 Å². The monoisotopic (exact) mass is 426 g/mol. The molecule has 3 rings (SSSR count). The van der Waals surface area contributed by atoms with Crippen molar-refractivity contribution in [2.24, 2.45) is 5.73 Å². The van der Waals surface area contributed by atoms with Crippen molar-refractivity contribution in [1.82, 2.24) is 14.9 Å². The number of aromatic nitrogens is 2. The summed E-state index contributed by atoms with van der Waals surface area (Å²) < 4.78 is 5.75. The number of imidazole rings is 1. The number of rotatable bonds is 7. The van der Waals surface area contributed by atoms with Crippen LogP contribution in [0.15, 0.2) is 36.4 Å². The highest BCUT2D eigenvalue weighted by Gasteiger charge is 2.15. The fourth-order valence-corrected chi connectivity index (χ4v) is 2.92. The lowest BCUT2D eigenvalue weighted by Gasteiger charge is -2.17. The Labute approximate surface area is 182 Å². The van der Waals surface area contributed by atoms with Crippen molar-refractivity contribution in [2.75, 3.05) is 20.2 Å². The van der Waals surface area contributed by atoms with Crippen LogP contribution in [-0.4, -0.2) is 52.1 Å². The Kier molecular flexibility index (Phi) is 8.57. The second kappa shape index (κ2) is 11.1. The Morgan fingerprint density at radius 2 is 1.90 bits per heavy atom. The molecule has 0 spiro atoms. The summed E-state index contributed by atoms with van der Waals surface area (Å²) in [6.07, 6.45) is 0.781. The van der Waals surface area contributed by atoms with E-state index in [1.54, 1.807) is 18.0 Å². The van der Waals surface area contributed by atoms with Crippen molar-refractivity contribution in [3.05, 3.63) is 58.9 Å². The van der Waals surface area contributed by atoms with E-state index in [2.05, 4.69) is 16.0 Å². The van der Waals surface area contributed by atoms with Gasteiger partial charge in [-0.1, -0.05) is 12.1 Å². The number of nitrogens with zero attached hydrogens (tertiary/aromatic N) is 2. The molecule has 0 fully saturated rings. The maximum absolute atomic E-state index is 12.8. The van der Waals surface area contributed by atoms with Gasteiger partial charge in [-0.05, 0) is 62.2 Å². The molecule has 0 aliphatic heterocycles. The molecule has 1 amide bonds. The molecule has 166 valence electrons. The molecule has 0 atom stereocenters. The van der Waals surface area contributed by atoms with E-state index in [1.807, 2.05) is 38.1 Å². The van der Waals surface area contributed by atoms with Crippen LogP contribution in [0.1, 0.15) is 40.7 Å². The fraction of sp³-hybridized carbons (Fsp3) is 0.348. The quantitative estimate of drug-likeness (QED) is 0.499. The lowest BCUT2D eigenvalue weighted by atomic mass is 10.1. The van der Waals surface area contributed by atoms with Crippen LogP contribution in [0.4, 0.5) is 0 Å². The second-order valence-electron chi connectivity index (χ2n) is 7.36. The molecule has 8 nitrogen and oxygen atoms in total. The van der Waals surface area contributed by atoms with E-state index >= 15 is 0 Å². The SMILES string of the molecule is CC(=O)O.Cc1ccc2nc(CN(C)C(=O)c3ccc(C)c(OCCCN)c3)[nH]c2c1. The lowest BCUT2D eigenvalue weighted by Crippen LogP contribution is -2.26. The van der Waals surface area contributed by atoms with Gasteiger partial charge < -0.3 is 25.5 Å². The minimum Gasteiger partial charge on any atom is -0.493 e.